The number of nitrogens with two attached hydrogens (primary N) is 1. The Labute approximate surface area is 142 Å². The molecule has 1 aromatic carbocycles. The van der Waals surface area contributed by atoms with Gasteiger partial charge in [0.15, 0.2) is 6.61 Å². The first kappa shape index (κ1) is 17.4. The molecule has 24 heavy (non-hydrogen) atoms. The topological polar surface area (TPSA) is 123 Å². The number of aromatic nitrogens is 1. The van der Waals surface area contributed by atoms with Crippen LogP contribution in [-0.2, 0) is 14.3 Å². The molecule has 0 unspecified atom stereocenters. The average Bonchev–Trinajstić information content (AvgIpc) is 2.85. The van der Waals surface area contributed by atoms with E-state index >= 15 is 0 Å². The Morgan fingerprint density at radius 1 is 1.17 bits per heavy atom. The van der Waals surface area contributed by atoms with Gasteiger partial charge in [0, 0.05) is 18.3 Å². The van der Waals surface area contributed by atoms with Crippen molar-refractivity contribution in [2.24, 2.45) is 0 Å². The Morgan fingerprint density at radius 2 is 1.75 bits per heavy atom. The van der Waals surface area contributed by atoms with Crippen LogP contribution in [0.4, 0.5) is 16.4 Å². The molecule has 0 saturated carbocycles. The van der Waals surface area contributed by atoms with E-state index in [1.165, 1.54) is 6.92 Å². The van der Waals surface area contributed by atoms with Crippen molar-refractivity contribution >= 4 is 45.7 Å². The molecule has 1 aromatic heterocycles. The van der Waals surface area contributed by atoms with E-state index in [4.69, 9.17) is 10.5 Å². The fourth-order valence-electron chi connectivity index (χ4n) is 1.88. The fraction of sp³-hybridized carbons (Fsp3) is 0.200. The maximum Gasteiger partial charge on any atom is 0.343 e. The quantitative estimate of drug-likeness (QED) is 0.708. The fourth-order valence-corrected chi connectivity index (χ4v) is 2.52. The molecular weight excluding hydrogens is 332 g/mol. The zero-order valence-corrected chi connectivity index (χ0v) is 13.9. The average molecular weight is 348 g/mol. The Morgan fingerprint density at radius 3 is 2.25 bits per heavy atom. The highest BCUT2D eigenvalue weighted by atomic mass is 32.1. The van der Waals surface area contributed by atoms with Crippen LogP contribution in [0.5, 0.6) is 0 Å². The molecular formula is C15H16N4O4S. The van der Waals surface area contributed by atoms with E-state index in [1.54, 1.807) is 31.2 Å². The Balaban J connectivity index is 1.87. The van der Waals surface area contributed by atoms with Crippen LogP contribution in [0.25, 0.3) is 0 Å². The van der Waals surface area contributed by atoms with E-state index in [2.05, 4.69) is 15.0 Å². The van der Waals surface area contributed by atoms with Crippen LogP contribution >= 0.6 is 11.5 Å². The summed E-state index contributed by atoms with van der Waals surface area (Å²) in [5.41, 5.74) is 7.43. The maximum atomic E-state index is 11.9. The van der Waals surface area contributed by atoms with Crippen LogP contribution in [-0.4, -0.2) is 28.8 Å². The summed E-state index contributed by atoms with van der Waals surface area (Å²) in [4.78, 5) is 34.6. The first-order valence-electron chi connectivity index (χ1n) is 6.93. The third kappa shape index (κ3) is 4.53. The number of benzene rings is 1. The summed E-state index contributed by atoms with van der Waals surface area (Å²) in [6, 6.07) is 6.53. The number of nitrogens with zero attached hydrogens (tertiary/aromatic N) is 1. The van der Waals surface area contributed by atoms with Crippen LogP contribution in [0.1, 0.15) is 23.0 Å². The zero-order chi connectivity index (χ0) is 17.7. The summed E-state index contributed by atoms with van der Waals surface area (Å²) in [6.45, 7) is 2.60. The van der Waals surface area contributed by atoms with Gasteiger partial charge in [-0.2, -0.15) is 4.37 Å². The largest absolute Gasteiger partial charge is 0.452 e. The summed E-state index contributed by atoms with van der Waals surface area (Å²) in [6.07, 6.45) is 0. The van der Waals surface area contributed by atoms with E-state index in [9.17, 15) is 14.4 Å². The maximum absolute atomic E-state index is 11.9. The number of carbonyl (C=O) groups excluding carboxylic acids is 3. The van der Waals surface area contributed by atoms with Crippen molar-refractivity contribution in [3.63, 3.8) is 0 Å². The number of anilines is 3. The van der Waals surface area contributed by atoms with Crippen molar-refractivity contribution in [1.82, 2.24) is 4.37 Å². The van der Waals surface area contributed by atoms with Gasteiger partial charge < -0.3 is 21.1 Å². The molecule has 0 fully saturated rings. The molecule has 4 N–H and O–H groups in total. The van der Waals surface area contributed by atoms with Gasteiger partial charge in [-0.05, 0) is 42.7 Å². The summed E-state index contributed by atoms with van der Waals surface area (Å²) < 4.78 is 8.88. The molecule has 0 aliphatic carbocycles. The highest BCUT2D eigenvalue weighted by molar-refractivity contribution is 7.10. The second-order valence-corrected chi connectivity index (χ2v) is 5.70. The number of amides is 2. The third-order valence-corrected chi connectivity index (χ3v) is 3.68. The third-order valence-electron chi connectivity index (χ3n) is 2.92. The first-order valence-corrected chi connectivity index (χ1v) is 7.70. The first-order chi connectivity index (χ1) is 11.4. The standard InChI is InChI=1S/C15H16N4O4S/c1-8-13(14(16)24-19-8)15(22)23-7-12(21)18-11-5-3-10(4-6-11)17-9(2)20/h3-6H,7,16H2,1-2H3,(H,17,20)(H,18,21). The molecule has 0 spiro atoms. The van der Waals surface area contributed by atoms with Crippen molar-refractivity contribution in [2.45, 2.75) is 13.8 Å². The van der Waals surface area contributed by atoms with Crippen molar-refractivity contribution < 1.29 is 19.1 Å². The molecule has 2 aromatic rings. The molecule has 126 valence electrons. The number of rotatable bonds is 5. The molecule has 1 heterocycles. The molecule has 0 radical (unpaired) electrons. The number of hydrogen-bond acceptors (Lipinski definition) is 7. The predicted octanol–water partition coefficient (Wildman–Crippen LogP) is 1.79. The molecule has 8 nitrogen and oxygen atoms in total. The van der Waals surface area contributed by atoms with E-state index in [0.29, 0.717) is 17.1 Å². The van der Waals surface area contributed by atoms with Gasteiger partial charge in [0.25, 0.3) is 5.91 Å². The monoisotopic (exact) mass is 348 g/mol. The van der Waals surface area contributed by atoms with Crippen molar-refractivity contribution in [3.8, 4) is 0 Å². The van der Waals surface area contributed by atoms with E-state index in [0.717, 1.165) is 11.5 Å². The van der Waals surface area contributed by atoms with Crippen molar-refractivity contribution in [3.05, 3.63) is 35.5 Å². The van der Waals surface area contributed by atoms with E-state index in [-0.39, 0.29) is 16.5 Å². The van der Waals surface area contributed by atoms with Gasteiger partial charge in [0.1, 0.15) is 10.6 Å². The summed E-state index contributed by atoms with van der Waals surface area (Å²) in [5, 5.41) is 5.45. The van der Waals surface area contributed by atoms with Crippen molar-refractivity contribution in [1.29, 1.82) is 0 Å². The number of hydrogen-bond donors (Lipinski definition) is 3. The normalized spacial score (nSPS) is 10.1. The van der Waals surface area contributed by atoms with Gasteiger partial charge >= 0.3 is 5.97 Å². The van der Waals surface area contributed by atoms with Gasteiger partial charge in [-0.25, -0.2) is 4.79 Å². The van der Waals surface area contributed by atoms with Crippen LogP contribution in [0, 0.1) is 6.92 Å². The molecule has 0 atom stereocenters. The van der Waals surface area contributed by atoms with Crippen LogP contribution in [0.15, 0.2) is 24.3 Å². The Bertz CT molecular complexity index is 751. The summed E-state index contributed by atoms with van der Waals surface area (Å²) in [7, 11) is 0. The van der Waals surface area contributed by atoms with Gasteiger partial charge in [-0.15, -0.1) is 0 Å². The van der Waals surface area contributed by atoms with E-state index < -0.39 is 18.5 Å². The van der Waals surface area contributed by atoms with Gasteiger partial charge in [0.05, 0.1) is 5.69 Å². The highest BCUT2D eigenvalue weighted by Crippen LogP contribution is 2.21. The zero-order valence-electron chi connectivity index (χ0n) is 13.1. The molecule has 9 heteroatoms. The lowest BCUT2D eigenvalue weighted by molar-refractivity contribution is -0.119. The smallest absolute Gasteiger partial charge is 0.343 e. The number of nitrogen functional groups attached to an aromatic ring is 1. The molecule has 0 saturated heterocycles. The highest BCUT2D eigenvalue weighted by Gasteiger charge is 2.19. The minimum Gasteiger partial charge on any atom is -0.452 e. The lowest BCUT2D eigenvalue weighted by Gasteiger charge is -2.08. The SMILES string of the molecule is CC(=O)Nc1ccc(NC(=O)COC(=O)c2c(C)nsc2N)cc1. The molecule has 2 rings (SSSR count). The summed E-state index contributed by atoms with van der Waals surface area (Å²) >= 11 is 0.998. The van der Waals surface area contributed by atoms with E-state index in [1.807, 2.05) is 0 Å². The van der Waals surface area contributed by atoms with Crippen LogP contribution < -0.4 is 16.4 Å². The number of nitrogens with one attached hydrogen (secondary N) is 2. The molecule has 0 bridgehead atoms. The Kier molecular flexibility index (Phi) is 5.48. The number of ether oxygens (including phenoxy) is 1. The minimum absolute atomic E-state index is 0.184. The lowest BCUT2D eigenvalue weighted by Crippen LogP contribution is -2.21. The Hall–Kier alpha value is -2.94. The molecule has 2 amide bonds. The van der Waals surface area contributed by atoms with Gasteiger partial charge in [-0.1, -0.05) is 0 Å². The lowest BCUT2D eigenvalue weighted by atomic mass is 10.2. The molecule has 0 aliphatic rings. The van der Waals surface area contributed by atoms with Crippen LogP contribution in [0.3, 0.4) is 0 Å². The number of aryl methyl sites for hydroxylation is 1. The second kappa shape index (κ2) is 7.55. The van der Waals surface area contributed by atoms with Crippen molar-refractivity contribution in [2.75, 3.05) is 23.0 Å². The molecule has 0 aliphatic heterocycles. The summed E-state index contributed by atoms with van der Waals surface area (Å²) in [5.74, 6) is -1.36. The minimum atomic E-state index is -0.685. The number of carbonyl (C=O) groups is 3. The predicted molar refractivity (Wildman–Crippen MR) is 90.9 cm³/mol. The number of esters is 1. The van der Waals surface area contributed by atoms with Gasteiger partial charge in [-0.3, -0.25) is 9.59 Å². The second-order valence-electron chi connectivity index (χ2n) is 4.89. The van der Waals surface area contributed by atoms with Gasteiger partial charge in [0.2, 0.25) is 5.91 Å². The van der Waals surface area contributed by atoms with Crippen LogP contribution in [0.2, 0.25) is 0 Å².